The summed E-state index contributed by atoms with van der Waals surface area (Å²) in [4.78, 5) is 53.3. The van der Waals surface area contributed by atoms with Gasteiger partial charge in [0, 0.05) is 11.1 Å². The van der Waals surface area contributed by atoms with Crippen LogP contribution in [0.25, 0.3) is 10.4 Å². The number of ether oxygens (including phenoxy) is 1. The Balaban J connectivity index is 2.14. The van der Waals surface area contributed by atoms with Gasteiger partial charge in [-0.2, -0.15) is 13.6 Å². The number of rotatable bonds is 9. The summed E-state index contributed by atoms with van der Waals surface area (Å²) in [5.41, 5.74) is 12.5. The van der Waals surface area contributed by atoms with Gasteiger partial charge in [0.05, 0.1) is 12.3 Å². The summed E-state index contributed by atoms with van der Waals surface area (Å²) in [5, 5.41) is 23.4. The van der Waals surface area contributed by atoms with Crippen molar-refractivity contribution < 1.29 is 61.4 Å². The lowest BCUT2D eigenvalue weighted by molar-refractivity contribution is -0.0540. The number of hydrogen-bond acceptors (Lipinski definition) is 13. The van der Waals surface area contributed by atoms with Gasteiger partial charge in [-0.15, -0.1) is 0 Å². The van der Waals surface area contributed by atoms with Gasteiger partial charge in [-0.3, -0.25) is 9.09 Å². The van der Waals surface area contributed by atoms with Crippen molar-refractivity contribution >= 4 is 35.0 Å². The van der Waals surface area contributed by atoms with Crippen molar-refractivity contribution in [2.45, 2.75) is 24.5 Å². The van der Waals surface area contributed by atoms with Crippen LogP contribution in [0.3, 0.4) is 0 Å². The van der Waals surface area contributed by atoms with Crippen LogP contribution >= 0.6 is 23.5 Å². The molecule has 1 aromatic rings. The Hall–Kier alpha value is -1.72. The number of aliphatic hydroxyl groups excluding tert-OH is 2. The van der Waals surface area contributed by atoms with Crippen LogP contribution in [0.15, 0.2) is 16.1 Å². The van der Waals surface area contributed by atoms with Gasteiger partial charge in [0.1, 0.15) is 24.1 Å². The summed E-state index contributed by atoms with van der Waals surface area (Å²) < 4.78 is 50.7. The molecule has 180 valence electrons. The van der Waals surface area contributed by atoms with E-state index in [2.05, 4.69) is 28.2 Å². The molecular formula is C9H15N6O14P3. The Morgan fingerprint density at radius 1 is 1.19 bits per heavy atom. The van der Waals surface area contributed by atoms with Crippen LogP contribution in [0, 0.1) is 0 Å². The highest BCUT2D eigenvalue weighted by Crippen LogP contribution is 2.66. The molecular weight excluding hydrogens is 509 g/mol. The van der Waals surface area contributed by atoms with Crippen molar-refractivity contribution in [3.8, 4) is 0 Å². The molecule has 23 heteroatoms. The van der Waals surface area contributed by atoms with E-state index < -0.39 is 66.1 Å². The summed E-state index contributed by atoms with van der Waals surface area (Å²) in [6.07, 6.45) is -6.18. The molecule has 0 spiro atoms. The van der Waals surface area contributed by atoms with E-state index in [0.717, 1.165) is 6.20 Å². The van der Waals surface area contributed by atoms with Crippen molar-refractivity contribution in [3.05, 3.63) is 27.1 Å². The summed E-state index contributed by atoms with van der Waals surface area (Å²) in [6.45, 7) is -1.10. The molecule has 0 radical (unpaired) electrons. The second kappa shape index (κ2) is 9.64. The number of aromatic nitrogens is 2. The second-order valence-corrected chi connectivity index (χ2v) is 10.2. The third kappa shape index (κ3) is 6.89. The molecule has 6 atom stereocenters. The van der Waals surface area contributed by atoms with Crippen LogP contribution in [0.4, 0.5) is 11.5 Å². The van der Waals surface area contributed by atoms with E-state index >= 15 is 0 Å². The molecule has 2 rings (SSSR count). The van der Waals surface area contributed by atoms with Crippen LogP contribution in [-0.4, -0.2) is 64.3 Å². The smallest absolute Gasteiger partial charge is 0.387 e. The van der Waals surface area contributed by atoms with E-state index in [4.69, 9.17) is 30.7 Å². The third-order valence-corrected chi connectivity index (χ3v) is 7.35. The van der Waals surface area contributed by atoms with Crippen LogP contribution in [0.5, 0.6) is 0 Å². The zero-order chi connectivity index (χ0) is 24.5. The lowest BCUT2D eigenvalue weighted by Crippen LogP contribution is -2.36. The Labute approximate surface area is 175 Å². The fourth-order valence-corrected chi connectivity index (χ4v) is 5.38. The van der Waals surface area contributed by atoms with Crippen molar-refractivity contribution in [2.75, 3.05) is 12.3 Å². The lowest BCUT2D eigenvalue weighted by Gasteiger charge is -2.19. The molecule has 0 aliphatic carbocycles. The van der Waals surface area contributed by atoms with Gasteiger partial charge in [-0.25, -0.2) is 18.5 Å². The van der Waals surface area contributed by atoms with Gasteiger partial charge in [-0.05, 0) is 5.53 Å². The first-order valence-corrected chi connectivity index (χ1v) is 12.3. The average Bonchev–Trinajstić information content (AvgIpc) is 2.87. The third-order valence-electron chi connectivity index (χ3n) is 3.54. The van der Waals surface area contributed by atoms with Crippen molar-refractivity contribution in [1.29, 1.82) is 0 Å². The molecule has 1 saturated heterocycles. The van der Waals surface area contributed by atoms with E-state index in [1.165, 1.54) is 0 Å². The molecule has 1 aliphatic rings. The second-order valence-electron chi connectivity index (χ2n) is 5.82. The molecule has 1 fully saturated rings. The summed E-state index contributed by atoms with van der Waals surface area (Å²) in [5.74, 6) is -0.443. The van der Waals surface area contributed by atoms with Crippen molar-refractivity contribution in [3.63, 3.8) is 0 Å². The molecule has 2 unspecified atom stereocenters. The van der Waals surface area contributed by atoms with Crippen molar-refractivity contribution in [2.24, 2.45) is 5.11 Å². The maximum Gasteiger partial charge on any atom is 0.490 e. The average molecular weight is 524 g/mol. The first kappa shape index (κ1) is 26.5. The monoisotopic (exact) mass is 524 g/mol. The van der Waals surface area contributed by atoms with Gasteiger partial charge in [0.2, 0.25) is 0 Å². The largest absolute Gasteiger partial charge is 0.490 e. The predicted molar refractivity (Wildman–Crippen MR) is 97.5 cm³/mol. The number of hydrogen-bond donors (Lipinski definition) is 7. The van der Waals surface area contributed by atoms with E-state index in [1.54, 1.807) is 0 Å². The SMILES string of the molecule is [N-]=[N+]=Nc1cn([C@H]2O[C@@H](COP(=O)(O)OP(=O)(O)OP(=O)(O)O)[C@H](O)[C@@H]2O)c(=O)nc1N. The molecule has 32 heavy (non-hydrogen) atoms. The predicted octanol–water partition coefficient (Wildman–Crippen LogP) is -1.27. The van der Waals surface area contributed by atoms with E-state index in [0.29, 0.717) is 4.57 Å². The molecule has 1 aliphatic heterocycles. The molecule has 8 N–H and O–H groups in total. The topological polar surface area (TPSA) is 319 Å². The minimum Gasteiger partial charge on any atom is -0.387 e. The minimum atomic E-state index is -5.77. The quantitative estimate of drug-likeness (QED) is 0.0856. The molecule has 2 heterocycles. The van der Waals surface area contributed by atoms with Crippen LogP contribution in [0.1, 0.15) is 6.23 Å². The van der Waals surface area contributed by atoms with Crippen molar-refractivity contribution in [1.82, 2.24) is 9.55 Å². The number of anilines is 1. The van der Waals surface area contributed by atoms with Gasteiger partial charge in [0.25, 0.3) is 0 Å². The molecule has 0 bridgehead atoms. The summed E-state index contributed by atoms with van der Waals surface area (Å²) in [7, 11) is -16.9. The maximum atomic E-state index is 12.0. The number of phosphoric ester groups is 1. The first-order valence-electron chi connectivity index (χ1n) is 7.79. The number of phosphoric acid groups is 3. The van der Waals surface area contributed by atoms with E-state index in [-0.39, 0.29) is 5.69 Å². The standard InChI is InChI=1S/C9H15N6O14P3/c10-7-3(13-14-11)1-15(9(18)12-7)8-6(17)5(16)4(27-8)2-26-31(22,23)29-32(24,25)28-30(19,20)21/h1,4-6,8,16-17H,2H2,(H,22,23)(H,24,25)(H2,10,12,18)(H2,19,20,21)/t4-,5-,6-,8-/m0/s1. The zero-order valence-corrected chi connectivity index (χ0v) is 17.9. The Morgan fingerprint density at radius 2 is 1.81 bits per heavy atom. The van der Waals surface area contributed by atoms with Gasteiger partial charge in [0.15, 0.2) is 6.23 Å². The lowest BCUT2D eigenvalue weighted by atomic mass is 10.1. The highest BCUT2D eigenvalue weighted by Gasteiger charge is 2.46. The maximum absolute atomic E-state index is 12.0. The normalized spacial score (nSPS) is 27.3. The highest BCUT2D eigenvalue weighted by molar-refractivity contribution is 7.66. The zero-order valence-electron chi connectivity index (χ0n) is 15.2. The van der Waals surface area contributed by atoms with Crippen LogP contribution in [0.2, 0.25) is 0 Å². The molecule has 0 aromatic carbocycles. The van der Waals surface area contributed by atoms with Gasteiger partial charge in [-0.1, -0.05) is 5.11 Å². The molecule has 0 saturated carbocycles. The highest BCUT2D eigenvalue weighted by atomic mass is 31.3. The fourth-order valence-electron chi connectivity index (χ4n) is 2.35. The Morgan fingerprint density at radius 3 is 2.38 bits per heavy atom. The number of azide groups is 1. The molecule has 20 nitrogen and oxygen atoms in total. The number of nitrogens with zero attached hydrogens (tertiary/aromatic N) is 5. The summed E-state index contributed by atoms with van der Waals surface area (Å²) >= 11 is 0. The number of nitrogens with two attached hydrogens (primary N) is 1. The number of nitrogen functional groups attached to an aromatic ring is 1. The first-order chi connectivity index (χ1) is 14.6. The van der Waals surface area contributed by atoms with Crippen LogP contribution in [-0.2, 0) is 31.6 Å². The van der Waals surface area contributed by atoms with Gasteiger partial charge < -0.3 is 40.3 Å². The minimum absolute atomic E-state index is 0.325. The number of aliphatic hydroxyl groups is 2. The molecule has 0 amide bonds. The Bertz CT molecular complexity index is 1110. The fraction of sp³-hybridized carbons (Fsp3) is 0.556. The van der Waals surface area contributed by atoms with Crippen LogP contribution < -0.4 is 11.4 Å². The Kier molecular flexibility index (Phi) is 7.99. The van der Waals surface area contributed by atoms with E-state index in [1.807, 2.05) is 0 Å². The van der Waals surface area contributed by atoms with Gasteiger partial charge >= 0.3 is 29.2 Å². The van der Waals surface area contributed by atoms with E-state index in [9.17, 15) is 33.6 Å². The molecule has 1 aromatic heterocycles. The summed E-state index contributed by atoms with van der Waals surface area (Å²) in [6, 6.07) is 0.